The van der Waals surface area contributed by atoms with Gasteiger partial charge >= 0.3 is 6.18 Å². The van der Waals surface area contributed by atoms with E-state index in [1.165, 1.54) is 0 Å². The van der Waals surface area contributed by atoms with Gasteiger partial charge in [-0.05, 0) is 13.8 Å². The summed E-state index contributed by atoms with van der Waals surface area (Å²) < 4.78 is 44.1. The Morgan fingerprint density at radius 1 is 1.15 bits per heavy atom. The molecule has 27 heavy (non-hydrogen) atoms. The number of carbonyl (C=O) groups is 1. The smallest absolute Gasteiger partial charge is 0.372 e. The Bertz CT molecular complexity index is 654. The van der Waals surface area contributed by atoms with Gasteiger partial charge in [-0.1, -0.05) is 0 Å². The predicted octanol–water partition coefficient (Wildman–Crippen LogP) is 1.25. The standard InChI is InChI=1S/C17H24F3N5O2/c1-12-8-25(9-13(2)27-12)16(26)10-23-3-5-24(6-4-23)15-7-14(17(18,19)20)21-11-22-15/h7,11-13H,3-6,8-10H2,1-2H3. The maximum absolute atomic E-state index is 12.8. The van der Waals surface area contributed by atoms with Crippen LogP contribution >= 0.6 is 0 Å². The molecule has 1 aromatic rings. The molecule has 3 rings (SSSR count). The molecule has 0 saturated carbocycles. The monoisotopic (exact) mass is 387 g/mol. The second-order valence-corrected chi connectivity index (χ2v) is 7.08. The van der Waals surface area contributed by atoms with Gasteiger partial charge in [-0.25, -0.2) is 9.97 Å². The van der Waals surface area contributed by atoms with Gasteiger partial charge in [-0.15, -0.1) is 0 Å². The number of hydrogen-bond acceptors (Lipinski definition) is 6. The van der Waals surface area contributed by atoms with Crippen LogP contribution in [0.25, 0.3) is 0 Å². The molecule has 0 radical (unpaired) electrons. The highest BCUT2D eigenvalue weighted by Crippen LogP contribution is 2.29. The number of anilines is 1. The average Bonchev–Trinajstić information content (AvgIpc) is 2.61. The van der Waals surface area contributed by atoms with Crippen molar-refractivity contribution < 1.29 is 22.7 Å². The molecule has 0 aromatic carbocycles. The van der Waals surface area contributed by atoms with Crippen LogP contribution in [0.1, 0.15) is 19.5 Å². The Kier molecular flexibility index (Phi) is 5.85. The zero-order valence-electron chi connectivity index (χ0n) is 15.4. The molecule has 0 spiro atoms. The highest BCUT2D eigenvalue weighted by molar-refractivity contribution is 5.78. The molecule has 0 N–H and O–H groups in total. The van der Waals surface area contributed by atoms with E-state index in [4.69, 9.17) is 4.74 Å². The molecule has 2 atom stereocenters. The van der Waals surface area contributed by atoms with Gasteiger partial charge in [-0.3, -0.25) is 9.69 Å². The Morgan fingerprint density at radius 3 is 2.37 bits per heavy atom. The molecule has 1 amide bonds. The van der Waals surface area contributed by atoms with Crippen molar-refractivity contribution >= 4 is 11.7 Å². The summed E-state index contributed by atoms with van der Waals surface area (Å²) in [6, 6.07) is 0.970. The number of piperazine rings is 1. The van der Waals surface area contributed by atoms with Crippen LogP contribution < -0.4 is 4.90 Å². The number of morpholine rings is 1. The van der Waals surface area contributed by atoms with Crippen molar-refractivity contribution in [2.45, 2.75) is 32.2 Å². The molecule has 2 fully saturated rings. The fraction of sp³-hybridized carbons (Fsp3) is 0.706. The third kappa shape index (κ3) is 5.07. The molecule has 3 heterocycles. The van der Waals surface area contributed by atoms with Gasteiger partial charge in [0.1, 0.15) is 17.8 Å². The Labute approximate surface area is 156 Å². The summed E-state index contributed by atoms with van der Waals surface area (Å²) >= 11 is 0. The maximum atomic E-state index is 12.8. The summed E-state index contributed by atoms with van der Waals surface area (Å²) in [5.41, 5.74) is -0.944. The number of nitrogens with zero attached hydrogens (tertiary/aromatic N) is 5. The number of halogens is 3. The lowest BCUT2D eigenvalue weighted by atomic mass is 10.2. The average molecular weight is 387 g/mol. The van der Waals surface area contributed by atoms with Crippen molar-refractivity contribution in [3.8, 4) is 0 Å². The van der Waals surface area contributed by atoms with Crippen molar-refractivity contribution in [3.63, 3.8) is 0 Å². The van der Waals surface area contributed by atoms with Crippen LogP contribution in [0.5, 0.6) is 0 Å². The molecule has 1 aromatic heterocycles. The quantitative estimate of drug-likeness (QED) is 0.778. The van der Waals surface area contributed by atoms with Crippen LogP contribution in [0.15, 0.2) is 12.4 Å². The van der Waals surface area contributed by atoms with Gasteiger partial charge in [0.05, 0.1) is 18.8 Å². The van der Waals surface area contributed by atoms with Crippen LogP contribution in [-0.4, -0.2) is 83.7 Å². The fourth-order valence-electron chi connectivity index (χ4n) is 3.48. The van der Waals surface area contributed by atoms with E-state index in [2.05, 4.69) is 9.97 Å². The zero-order chi connectivity index (χ0) is 19.6. The van der Waals surface area contributed by atoms with Crippen molar-refractivity contribution in [2.75, 3.05) is 50.7 Å². The third-order valence-corrected chi connectivity index (χ3v) is 4.77. The fourth-order valence-corrected chi connectivity index (χ4v) is 3.48. The lowest BCUT2D eigenvalue weighted by Crippen LogP contribution is -2.54. The number of alkyl halides is 3. The van der Waals surface area contributed by atoms with E-state index in [-0.39, 0.29) is 23.9 Å². The molecule has 2 saturated heterocycles. The van der Waals surface area contributed by atoms with Gasteiger partial charge in [0, 0.05) is 45.3 Å². The normalized spacial score (nSPS) is 24.9. The summed E-state index contributed by atoms with van der Waals surface area (Å²) in [4.78, 5) is 25.4. The molecule has 0 bridgehead atoms. The van der Waals surface area contributed by atoms with E-state index in [0.29, 0.717) is 45.8 Å². The van der Waals surface area contributed by atoms with Gasteiger partial charge in [0.25, 0.3) is 0 Å². The van der Waals surface area contributed by atoms with Crippen LogP contribution in [0.2, 0.25) is 0 Å². The lowest BCUT2D eigenvalue weighted by Gasteiger charge is -2.38. The van der Waals surface area contributed by atoms with Crippen LogP contribution in [0.4, 0.5) is 19.0 Å². The van der Waals surface area contributed by atoms with E-state index in [0.717, 1.165) is 12.4 Å². The molecule has 7 nitrogen and oxygen atoms in total. The summed E-state index contributed by atoms with van der Waals surface area (Å²) in [5, 5.41) is 0. The minimum absolute atomic E-state index is 0.0233. The maximum Gasteiger partial charge on any atom is 0.433 e. The van der Waals surface area contributed by atoms with E-state index >= 15 is 0 Å². The molecule has 0 aliphatic carbocycles. The van der Waals surface area contributed by atoms with Gasteiger partial charge in [-0.2, -0.15) is 13.2 Å². The first-order valence-corrected chi connectivity index (χ1v) is 9.02. The SMILES string of the molecule is CC1CN(C(=O)CN2CCN(c3cc(C(F)(F)F)ncn3)CC2)CC(C)O1. The van der Waals surface area contributed by atoms with Gasteiger partial charge in [0.15, 0.2) is 0 Å². The second-order valence-electron chi connectivity index (χ2n) is 7.08. The van der Waals surface area contributed by atoms with Crippen molar-refractivity contribution in [1.82, 2.24) is 19.8 Å². The topological polar surface area (TPSA) is 61.8 Å². The van der Waals surface area contributed by atoms with E-state index < -0.39 is 11.9 Å². The first kappa shape index (κ1) is 19.8. The van der Waals surface area contributed by atoms with Crippen LogP contribution in [0.3, 0.4) is 0 Å². The van der Waals surface area contributed by atoms with Crippen LogP contribution in [0, 0.1) is 0 Å². The van der Waals surface area contributed by atoms with Crippen molar-refractivity contribution in [2.24, 2.45) is 0 Å². The molecular weight excluding hydrogens is 363 g/mol. The number of aromatic nitrogens is 2. The number of amides is 1. The second kappa shape index (κ2) is 7.97. The number of carbonyl (C=O) groups excluding carboxylic acids is 1. The highest BCUT2D eigenvalue weighted by atomic mass is 19.4. The minimum atomic E-state index is -4.49. The Morgan fingerprint density at radius 2 is 1.78 bits per heavy atom. The van der Waals surface area contributed by atoms with Crippen molar-refractivity contribution in [1.29, 1.82) is 0 Å². The first-order chi connectivity index (χ1) is 12.7. The largest absolute Gasteiger partial charge is 0.433 e. The minimum Gasteiger partial charge on any atom is -0.372 e. The number of rotatable bonds is 3. The Hall–Kier alpha value is -1.94. The van der Waals surface area contributed by atoms with E-state index in [9.17, 15) is 18.0 Å². The molecule has 2 unspecified atom stereocenters. The molecule has 2 aliphatic rings. The molecular formula is C17H24F3N5O2. The third-order valence-electron chi connectivity index (χ3n) is 4.77. The highest BCUT2D eigenvalue weighted by Gasteiger charge is 2.34. The number of ether oxygens (including phenoxy) is 1. The van der Waals surface area contributed by atoms with Crippen molar-refractivity contribution in [3.05, 3.63) is 18.1 Å². The molecule has 10 heteroatoms. The summed E-state index contributed by atoms with van der Waals surface area (Å²) in [7, 11) is 0. The van der Waals surface area contributed by atoms with Crippen LogP contribution in [-0.2, 0) is 15.7 Å². The zero-order valence-corrected chi connectivity index (χ0v) is 15.4. The summed E-state index contributed by atoms with van der Waals surface area (Å²) in [5.74, 6) is 0.325. The first-order valence-electron chi connectivity index (χ1n) is 9.02. The van der Waals surface area contributed by atoms with E-state index in [1.807, 2.05) is 23.6 Å². The predicted molar refractivity (Wildman–Crippen MR) is 92.3 cm³/mol. The number of hydrogen-bond donors (Lipinski definition) is 0. The summed E-state index contributed by atoms with van der Waals surface area (Å²) in [6.07, 6.45) is -3.50. The molecule has 2 aliphatic heterocycles. The lowest BCUT2D eigenvalue weighted by molar-refractivity contribution is -0.144. The summed E-state index contributed by atoms with van der Waals surface area (Å²) in [6.45, 7) is 7.59. The molecule has 150 valence electrons. The van der Waals surface area contributed by atoms with E-state index in [1.54, 1.807) is 4.90 Å². The Balaban J connectivity index is 1.53. The van der Waals surface area contributed by atoms with Gasteiger partial charge < -0.3 is 14.5 Å². The van der Waals surface area contributed by atoms with Gasteiger partial charge in [0.2, 0.25) is 5.91 Å².